The van der Waals surface area contributed by atoms with Crippen LogP contribution in [0.4, 0.5) is 42.0 Å². The van der Waals surface area contributed by atoms with Crippen molar-refractivity contribution in [1.82, 2.24) is 15.0 Å². The second-order valence-corrected chi connectivity index (χ2v) is 6.96. The molecule has 0 bridgehead atoms. The summed E-state index contributed by atoms with van der Waals surface area (Å²) in [4.78, 5) is 22.8. The molecule has 2 aromatic heterocycles. The maximum atomic E-state index is 13.5. The summed E-state index contributed by atoms with van der Waals surface area (Å²) >= 11 is 0. The van der Waals surface area contributed by atoms with E-state index < -0.39 is 17.6 Å². The second-order valence-electron chi connectivity index (χ2n) is 6.96. The Morgan fingerprint density at radius 1 is 1.03 bits per heavy atom. The predicted molar refractivity (Wildman–Crippen MR) is 126 cm³/mol. The molecule has 8 nitrogen and oxygen atoms in total. The molecule has 1 aromatic carbocycles. The van der Waals surface area contributed by atoms with E-state index in [1.807, 2.05) is 6.92 Å². The molecule has 11 heteroatoms. The van der Waals surface area contributed by atoms with Gasteiger partial charge in [0.05, 0.1) is 24.2 Å². The van der Waals surface area contributed by atoms with E-state index in [-0.39, 0.29) is 11.6 Å². The third-order valence-corrected chi connectivity index (χ3v) is 4.27. The van der Waals surface area contributed by atoms with E-state index in [9.17, 15) is 18.0 Å². The monoisotopic (exact) mass is 474 g/mol. The van der Waals surface area contributed by atoms with Gasteiger partial charge in [-0.2, -0.15) is 18.2 Å². The van der Waals surface area contributed by atoms with Gasteiger partial charge in [0.25, 0.3) is 0 Å². The summed E-state index contributed by atoms with van der Waals surface area (Å²) in [6.07, 6.45) is -0.267. The van der Waals surface area contributed by atoms with Crippen molar-refractivity contribution in [2.45, 2.75) is 26.9 Å². The molecule has 2 heterocycles. The van der Waals surface area contributed by atoms with Crippen LogP contribution in [0.3, 0.4) is 0 Å². The molecule has 0 aliphatic rings. The molecule has 0 radical (unpaired) electrons. The summed E-state index contributed by atoms with van der Waals surface area (Å²) < 4.78 is 45.7. The number of carbonyl (C=O) groups is 1. The number of halogens is 3. The molecule has 0 fully saturated rings. The number of hydrogen-bond donors (Lipinski definition) is 3. The smallest absolute Gasteiger partial charge is 0.421 e. The number of nitrogens with zero attached hydrogens (tertiary/aromatic N) is 3. The number of methoxy groups -OCH3 is 1. The fourth-order valence-corrected chi connectivity index (χ4v) is 2.69. The van der Waals surface area contributed by atoms with Gasteiger partial charge in [-0.25, -0.2) is 9.97 Å². The number of allylic oxidation sites excluding steroid dienone is 1. The molecule has 34 heavy (non-hydrogen) atoms. The van der Waals surface area contributed by atoms with Crippen LogP contribution >= 0.6 is 0 Å². The quantitative estimate of drug-likeness (QED) is 0.295. The Bertz CT molecular complexity index is 1150. The number of carbonyl (C=O) groups excluding carboxylic acids is 1. The van der Waals surface area contributed by atoms with E-state index in [0.717, 1.165) is 11.1 Å². The van der Waals surface area contributed by atoms with Crippen molar-refractivity contribution < 1.29 is 22.7 Å². The Hall–Kier alpha value is -4.15. The van der Waals surface area contributed by atoms with Crippen molar-refractivity contribution in [3.8, 4) is 5.88 Å². The molecule has 0 atom stereocenters. The number of ether oxygens (including phenoxy) is 1. The molecule has 0 saturated carbocycles. The second kappa shape index (κ2) is 11.6. The Morgan fingerprint density at radius 3 is 2.35 bits per heavy atom. The number of aryl methyl sites for hydroxylation is 2. The van der Waals surface area contributed by atoms with Gasteiger partial charge < -0.3 is 20.7 Å². The van der Waals surface area contributed by atoms with E-state index >= 15 is 0 Å². The van der Waals surface area contributed by atoms with Gasteiger partial charge in [-0.15, -0.1) is 6.58 Å². The van der Waals surface area contributed by atoms with E-state index in [4.69, 9.17) is 4.74 Å². The lowest BCUT2D eigenvalue weighted by atomic mass is 10.2. The number of rotatable bonds is 7. The van der Waals surface area contributed by atoms with Crippen LogP contribution in [0.1, 0.15) is 23.6 Å². The highest BCUT2D eigenvalue weighted by atomic mass is 19.4. The minimum absolute atomic E-state index is 0.0659. The summed E-state index contributed by atoms with van der Waals surface area (Å²) in [5.41, 5.74) is 1.56. The van der Waals surface area contributed by atoms with Crippen LogP contribution in [-0.4, -0.2) is 28.5 Å². The van der Waals surface area contributed by atoms with Gasteiger partial charge in [-0.1, -0.05) is 12.1 Å². The average molecular weight is 474 g/mol. The fourth-order valence-electron chi connectivity index (χ4n) is 2.69. The first kappa shape index (κ1) is 26.1. The number of alkyl halides is 3. The van der Waals surface area contributed by atoms with Gasteiger partial charge in [-0.3, -0.25) is 4.79 Å². The average Bonchev–Trinajstić information content (AvgIpc) is 2.77. The van der Waals surface area contributed by atoms with Crippen LogP contribution in [0.15, 0.2) is 49.3 Å². The molecule has 3 rings (SSSR count). The van der Waals surface area contributed by atoms with Gasteiger partial charge in [0, 0.05) is 18.5 Å². The number of benzene rings is 1. The molecule has 1 amide bonds. The fraction of sp³-hybridized carbons (Fsp3) is 0.217. The lowest BCUT2D eigenvalue weighted by molar-refractivity contribution is -0.137. The normalized spacial score (nSPS) is 10.4. The van der Waals surface area contributed by atoms with Crippen LogP contribution in [0, 0.1) is 13.8 Å². The van der Waals surface area contributed by atoms with Gasteiger partial charge in [0.15, 0.2) is 0 Å². The number of anilines is 5. The summed E-state index contributed by atoms with van der Waals surface area (Å²) in [5.74, 6) is -0.215. The van der Waals surface area contributed by atoms with Gasteiger partial charge >= 0.3 is 6.18 Å². The molecular formula is C23H25F3N6O2. The SMILES string of the molecule is C=CC.COc1cc(Nc2ncc(C(F)(F)F)c(Nc3ccc(C)cc3NC=O)n2)c(C)cn1. The molecular weight excluding hydrogens is 449 g/mol. The zero-order chi connectivity index (χ0) is 25.3. The summed E-state index contributed by atoms with van der Waals surface area (Å²) in [6.45, 7) is 8.81. The van der Waals surface area contributed by atoms with Gasteiger partial charge in [0.2, 0.25) is 18.2 Å². The molecule has 0 spiro atoms. The predicted octanol–water partition coefficient (Wildman–Crippen LogP) is 5.76. The zero-order valence-electron chi connectivity index (χ0n) is 19.1. The highest BCUT2D eigenvalue weighted by molar-refractivity contribution is 5.83. The standard InChI is InChI=1S/C20H19F3N6O2.C3H6/c1-11-4-5-14(16(6-11)26-10-30)27-18-13(20(21,22)23)9-25-19(29-18)28-15-7-17(31-3)24-8-12(15)2;1-3-2/h4-10H,1-3H3,(H,26,30)(H2,24,25,27,28,29);3H,1H2,2H3. The van der Waals surface area contributed by atoms with Crippen LogP contribution in [0.25, 0.3) is 0 Å². The summed E-state index contributed by atoms with van der Waals surface area (Å²) in [6, 6.07) is 6.44. The first-order valence-corrected chi connectivity index (χ1v) is 9.99. The molecule has 0 unspecified atom stereocenters. The maximum absolute atomic E-state index is 13.5. The molecule has 180 valence electrons. The van der Waals surface area contributed by atoms with Gasteiger partial charge in [0.1, 0.15) is 11.4 Å². The van der Waals surface area contributed by atoms with Crippen molar-refractivity contribution in [3.05, 3.63) is 66.0 Å². The largest absolute Gasteiger partial charge is 0.481 e. The minimum atomic E-state index is -4.69. The van der Waals surface area contributed by atoms with E-state index in [1.165, 1.54) is 7.11 Å². The van der Waals surface area contributed by atoms with Crippen LogP contribution in [0.2, 0.25) is 0 Å². The van der Waals surface area contributed by atoms with E-state index in [0.29, 0.717) is 29.9 Å². The topological polar surface area (TPSA) is 101 Å². The lowest BCUT2D eigenvalue weighted by Gasteiger charge is -2.17. The van der Waals surface area contributed by atoms with Crippen LogP contribution in [0.5, 0.6) is 5.88 Å². The van der Waals surface area contributed by atoms with Crippen LogP contribution in [-0.2, 0) is 11.0 Å². The van der Waals surface area contributed by atoms with Gasteiger partial charge in [-0.05, 0) is 44.0 Å². The zero-order valence-corrected chi connectivity index (χ0v) is 19.1. The molecule has 3 aromatic rings. The Balaban J connectivity index is 0.00000129. The Kier molecular flexibility index (Phi) is 8.94. The number of hydrogen-bond acceptors (Lipinski definition) is 7. The van der Waals surface area contributed by atoms with E-state index in [2.05, 4.69) is 37.5 Å². The Labute approximate surface area is 195 Å². The first-order chi connectivity index (χ1) is 16.1. The number of pyridine rings is 1. The summed E-state index contributed by atoms with van der Waals surface area (Å²) in [7, 11) is 1.45. The highest BCUT2D eigenvalue weighted by Crippen LogP contribution is 2.37. The molecule has 0 aliphatic carbocycles. The lowest BCUT2D eigenvalue weighted by Crippen LogP contribution is -2.13. The van der Waals surface area contributed by atoms with Crippen molar-refractivity contribution >= 4 is 35.2 Å². The van der Waals surface area contributed by atoms with Crippen molar-refractivity contribution in [2.75, 3.05) is 23.1 Å². The molecule has 3 N–H and O–H groups in total. The van der Waals surface area contributed by atoms with Crippen LogP contribution < -0.4 is 20.7 Å². The maximum Gasteiger partial charge on any atom is 0.421 e. The number of nitrogens with one attached hydrogen (secondary N) is 3. The third kappa shape index (κ3) is 6.92. The molecule has 0 saturated heterocycles. The number of amides is 1. The van der Waals surface area contributed by atoms with E-state index in [1.54, 1.807) is 50.4 Å². The molecule has 0 aliphatic heterocycles. The van der Waals surface area contributed by atoms with Crippen molar-refractivity contribution in [2.24, 2.45) is 0 Å². The minimum Gasteiger partial charge on any atom is -0.481 e. The highest BCUT2D eigenvalue weighted by Gasteiger charge is 2.35. The summed E-state index contributed by atoms with van der Waals surface area (Å²) in [5, 5.41) is 8.00. The van der Waals surface area contributed by atoms with Crippen molar-refractivity contribution in [1.29, 1.82) is 0 Å². The number of aromatic nitrogens is 3. The Morgan fingerprint density at radius 2 is 1.74 bits per heavy atom. The third-order valence-electron chi connectivity index (χ3n) is 4.27. The first-order valence-electron chi connectivity index (χ1n) is 9.99. The van der Waals surface area contributed by atoms with Crippen molar-refractivity contribution in [3.63, 3.8) is 0 Å².